The fraction of sp³-hybridized carbons (Fsp3) is 0.500. The van der Waals surface area contributed by atoms with Gasteiger partial charge in [-0.15, -0.1) is 0 Å². The average Bonchev–Trinajstić information content (AvgIpc) is 3.29. The van der Waals surface area contributed by atoms with E-state index in [0.717, 1.165) is 44.5 Å². The third-order valence-corrected chi connectivity index (χ3v) is 19.2. The Balaban J connectivity index is 1.71. The highest BCUT2D eigenvalue weighted by Gasteiger charge is 2.38. The van der Waals surface area contributed by atoms with Crippen LogP contribution in [0.4, 0.5) is 0 Å². The summed E-state index contributed by atoms with van der Waals surface area (Å²) in [6, 6.07) is 31.1. The summed E-state index contributed by atoms with van der Waals surface area (Å²) in [4.78, 5) is 0. The van der Waals surface area contributed by atoms with E-state index in [2.05, 4.69) is 0 Å². The van der Waals surface area contributed by atoms with Crippen LogP contribution in [0.5, 0.6) is 0 Å². The minimum absolute atomic E-state index is 0.158. The van der Waals surface area contributed by atoms with Gasteiger partial charge >= 0.3 is 31.0 Å². The van der Waals surface area contributed by atoms with E-state index in [0.29, 0.717) is 0 Å². The van der Waals surface area contributed by atoms with Gasteiger partial charge in [-0.1, -0.05) is 97.1 Å². The van der Waals surface area contributed by atoms with Crippen LogP contribution >= 0.6 is 31.0 Å². The molecule has 0 fully saturated rings. The zero-order chi connectivity index (χ0) is 49.2. The lowest BCUT2D eigenvalue weighted by molar-refractivity contribution is 0.161. The Bertz CT molecular complexity index is 1940. The highest BCUT2D eigenvalue weighted by molar-refractivity contribution is 7.52. The van der Waals surface area contributed by atoms with Crippen LogP contribution in [0, 0.1) is 0 Å². The van der Waals surface area contributed by atoms with Gasteiger partial charge in [0.05, 0.1) is 52.9 Å². The van der Waals surface area contributed by atoms with E-state index in [-0.39, 0.29) is 105 Å². The van der Waals surface area contributed by atoms with Crippen LogP contribution in [0.2, 0.25) is 0 Å². The molecule has 5 rings (SSSR count). The normalized spacial score (nSPS) is 16.1. The molecule has 1 aliphatic rings. The highest BCUT2D eigenvalue weighted by atomic mass is 31.2. The van der Waals surface area contributed by atoms with Crippen LogP contribution in [0.1, 0.15) is 99.9 Å². The molecule has 8 bridgehead atoms. The first kappa shape index (κ1) is 56.2. The molecule has 16 nitrogen and oxygen atoms in total. The van der Waals surface area contributed by atoms with Gasteiger partial charge in [-0.3, -0.25) is 36.2 Å². The number of nitrogens with zero attached hydrogens (tertiary/aromatic N) is 4. The number of rotatable bonds is 20. The quantitative estimate of drug-likeness (QED) is 0.0770. The van der Waals surface area contributed by atoms with Crippen molar-refractivity contribution in [3.63, 3.8) is 0 Å². The summed E-state index contributed by atoms with van der Waals surface area (Å²) in [6.45, 7) is 17.0. The molecule has 0 amide bonds. The van der Waals surface area contributed by atoms with Gasteiger partial charge < -0.3 is 0 Å². The Morgan fingerprint density at radius 1 is 0.294 bits per heavy atom. The van der Waals surface area contributed by atoms with Crippen molar-refractivity contribution in [1.82, 2.24) is 18.7 Å². The average molecular weight is 1020 g/mol. The molecule has 0 spiro atoms. The second-order valence-corrected chi connectivity index (χ2v) is 23.9. The Morgan fingerprint density at radius 2 is 0.426 bits per heavy atom. The molecule has 1 aliphatic heterocycles. The van der Waals surface area contributed by atoms with E-state index < -0.39 is 31.0 Å². The topological polar surface area (TPSA) is 155 Å². The Hall–Kier alpha value is -2.68. The van der Waals surface area contributed by atoms with Gasteiger partial charge in [0, 0.05) is 52.4 Å². The lowest BCUT2D eigenvalue weighted by Crippen LogP contribution is -2.25. The van der Waals surface area contributed by atoms with Gasteiger partial charge in [-0.2, -0.15) is 18.7 Å². The molecule has 68 heavy (non-hydrogen) atoms. The summed E-state index contributed by atoms with van der Waals surface area (Å²) >= 11 is 0. The van der Waals surface area contributed by atoms with E-state index >= 15 is 0 Å². The summed E-state index contributed by atoms with van der Waals surface area (Å²) < 4.78 is 113. The van der Waals surface area contributed by atoms with Crippen LogP contribution in [-0.2, 0) is 107 Å². The van der Waals surface area contributed by atoms with Crippen molar-refractivity contribution in [2.24, 2.45) is 0 Å². The van der Waals surface area contributed by atoms with Crippen LogP contribution in [0.25, 0.3) is 0 Å². The predicted molar refractivity (Wildman–Crippen MR) is 266 cm³/mol. The monoisotopic (exact) mass is 1020 g/mol. The number of hydrogen-bond acceptors (Lipinski definition) is 12. The van der Waals surface area contributed by atoms with Gasteiger partial charge in [0.1, 0.15) is 0 Å². The molecule has 376 valence electrons. The summed E-state index contributed by atoms with van der Waals surface area (Å²) in [7, 11) is -15.4. The molecular formula is C48H72N4O12P4. The Kier molecular flexibility index (Phi) is 22.5. The minimum atomic E-state index is -3.85. The second-order valence-electron chi connectivity index (χ2n) is 15.8. The second kappa shape index (κ2) is 27.2. The van der Waals surface area contributed by atoms with Gasteiger partial charge in [0.25, 0.3) is 0 Å². The standard InChI is InChI=1S/C48H72N4O12P4/c1-9-57-65(53,58-10-2)49-33-41-21-17-23-43(29-41)35-50(66(54,59-11-3)60-12-4)37-45-25-19-27-47(31-45)39-52(68(56,63-15-7)64-16-8)40-48-28-20-26-46(32-48)38-51(67(55,61-13-5)62-14-6)36-44-24-18-22-42(30-44)34-49/h17-32H,9-16,33-40H2,1-8H3. The lowest BCUT2D eigenvalue weighted by Gasteiger charge is -2.32. The maximum Gasteiger partial charge on any atom is 0.408 e. The fourth-order valence-corrected chi connectivity index (χ4v) is 14.9. The number of fused-ring (bicyclic) bond motifs is 8. The summed E-state index contributed by atoms with van der Waals surface area (Å²) in [5, 5.41) is 0. The zero-order valence-electron chi connectivity index (χ0n) is 41.0. The van der Waals surface area contributed by atoms with E-state index in [1.165, 1.54) is 0 Å². The summed E-state index contributed by atoms with van der Waals surface area (Å²) in [5.74, 6) is 0. The molecule has 0 saturated heterocycles. The van der Waals surface area contributed by atoms with Crippen LogP contribution in [0.15, 0.2) is 97.1 Å². The maximum absolute atomic E-state index is 14.7. The minimum Gasteiger partial charge on any atom is -0.297 e. The Morgan fingerprint density at radius 3 is 0.544 bits per heavy atom. The lowest BCUT2D eigenvalue weighted by atomic mass is 10.1. The third-order valence-electron chi connectivity index (χ3n) is 10.6. The SMILES string of the molecule is CCOP(=O)(OCC)N1Cc2cccc(c2)CN(P(=O)(OCC)OCC)Cc2cccc(c2)CN(P(=O)(OCC)OCC)Cc2cccc(c2)CN(P(=O)(OCC)OCC)Cc2cccc(c2)C1. The zero-order valence-corrected chi connectivity index (χ0v) is 44.6. The van der Waals surface area contributed by atoms with Gasteiger partial charge in [0.15, 0.2) is 0 Å². The van der Waals surface area contributed by atoms with Crippen molar-refractivity contribution in [3.8, 4) is 0 Å². The molecule has 4 aromatic carbocycles. The van der Waals surface area contributed by atoms with Gasteiger partial charge in [-0.25, -0.2) is 18.3 Å². The molecule has 0 atom stereocenters. The first-order chi connectivity index (χ1) is 32.7. The van der Waals surface area contributed by atoms with Crippen molar-refractivity contribution < 1.29 is 54.5 Å². The van der Waals surface area contributed by atoms with Crippen molar-refractivity contribution in [3.05, 3.63) is 142 Å². The van der Waals surface area contributed by atoms with E-state index in [1.54, 1.807) is 74.1 Å². The van der Waals surface area contributed by atoms with Crippen LogP contribution in [-0.4, -0.2) is 71.5 Å². The van der Waals surface area contributed by atoms with Crippen molar-refractivity contribution in [2.45, 2.75) is 108 Å². The maximum atomic E-state index is 14.7. The fourth-order valence-electron chi connectivity index (χ4n) is 8.02. The number of hydrogen-bond donors (Lipinski definition) is 0. The Labute approximate surface area is 404 Å². The predicted octanol–water partition coefficient (Wildman–Crippen LogP) is 12.7. The van der Waals surface area contributed by atoms with Crippen molar-refractivity contribution in [1.29, 1.82) is 0 Å². The third kappa shape index (κ3) is 15.7. The van der Waals surface area contributed by atoms with Crippen LogP contribution < -0.4 is 0 Å². The van der Waals surface area contributed by atoms with E-state index in [9.17, 15) is 18.3 Å². The summed E-state index contributed by atoms with van der Waals surface area (Å²) in [6.07, 6.45) is 0. The smallest absolute Gasteiger partial charge is 0.297 e. The molecule has 0 radical (unpaired) electrons. The van der Waals surface area contributed by atoms with Crippen LogP contribution in [0.3, 0.4) is 0 Å². The molecule has 1 heterocycles. The first-order valence-electron chi connectivity index (χ1n) is 23.6. The van der Waals surface area contributed by atoms with Crippen molar-refractivity contribution >= 4 is 31.0 Å². The van der Waals surface area contributed by atoms with E-state index in [1.807, 2.05) is 97.1 Å². The van der Waals surface area contributed by atoms with Gasteiger partial charge in [-0.05, 0) is 99.9 Å². The molecule has 0 aromatic heterocycles. The molecule has 4 aromatic rings. The molecule has 0 unspecified atom stereocenters. The molecule has 0 aliphatic carbocycles. The van der Waals surface area contributed by atoms with E-state index in [4.69, 9.17) is 36.2 Å². The molecule has 0 N–H and O–H groups in total. The first-order valence-corrected chi connectivity index (χ1v) is 29.6. The van der Waals surface area contributed by atoms with Crippen molar-refractivity contribution in [2.75, 3.05) is 52.9 Å². The molecular weight excluding hydrogens is 948 g/mol. The van der Waals surface area contributed by atoms with Gasteiger partial charge in [0.2, 0.25) is 0 Å². The highest BCUT2D eigenvalue weighted by Crippen LogP contribution is 2.57. The molecule has 20 heteroatoms. The number of benzene rings is 4. The molecule has 0 saturated carbocycles. The largest absolute Gasteiger partial charge is 0.408 e. The summed E-state index contributed by atoms with van der Waals surface area (Å²) in [5.41, 5.74) is 6.51.